The molecule has 2 aromatic heterocycles. The minimum atomic E-state index is -0.248. The first-order chi connectivity index (χ1) is 9.67. The molecule has 0 radical (unpaired) electrons. The summed E-state index contributed by atoms with van der Waals surface area (Å²) in [6.07, 6.45) is 3.23. The average molecular weight is 296 g/mol. The summed E-state index contributed by atoms with van der Waals surface area (Å²) in [6, 6.07) is 3.34. The van der Waals surface area contributed by atoms with Crippen molar-refractivity contribution in [2.75, 3.05) is 20.3 Å². The fourth-order valence-electron chi connectivity index (χ4n) is 2.22. The summed E-state index contributed by atoms with van der Waals surface area (Å²) in [5, 5.41) is 3.46. The van der Waals surface area contributed by atoms with E-state index < -0.39 is 0 Å². The van der Waals surface area contributed by atoms with E-state index in [2.05, 4.69) is 10.3 Å². The maximum atomic E-state index is 12.2. The lowest BCUT2D eigenvalue weighted by Gasteiger charge is -2.16. The lowest BCUT2D eigenvalue weighted by atomic mass is 10.2. The quantitative estimate of drug-likeness (QED) is 0.922. The topological polar surface area (TPSA) is 64.9 Å². The van der Waals surface area contributed by atoms with Crippen LogP contribution in [0.15, 0.2) is 24.5 Å². The zero-order chi connectivity index (χ0) is 14.1. The number of carbonyl (C=O) groups excluding carboxylic acids is 1. The number of amides is 1. The highest BCUT2D eigenvalue weighted by atomic mass is 35.5. The zero-order valence-electron chi connectivity index (χ0n) is 10.9. The van der Waals surface area contributed by atoms with Crippen LogP contribution in [0.25, 0.3) is 5.65 Å². The molecular formula is C13H14ClN3O3. The van der Waals surface area contributed by atoms with Crippen LogP contribution >= 0.6 is 11.6 Å². The molecule has 20 heavy (non-hydrogen) atoms. The molecule has 7 heteroatoms. The van der Waals surface area contributed by atoms with Gasteiger partial charge in [-0.1, -0.05) is 11.6 Å². The minimum absolute atomic E-state index is 0.120. The van der Waals surface area contributed by atoms with Crippen LogP contribution in [-0.4, -0.2) is 47.8 Å². The molecule has 0 bridgehead atoms. The molecule has 2 aromatic rings. The Balaban J connectivity index is 1.78. The minimum Gasteiger partial charge on any atom is -0.377 e. The summed E-state index contributed by atoms with van der Waals surface area (Å²) in [6.45, 7) is 0.936. The number of carbonyl (C=O) groups is 1. The lowest BCUT2D eigenvalue weighted by molar-refractivity contribution is 0.0684. The van der Waals surface area contributed by atoms with Crippen LogP contribution in [0.5, 0.6) is 0 Å². The van der Waals surface area contributed by atoms with Crippen molar-refractivity contribution in [1.29, 1.82) is 0 Å². The van der Waals surface area contributed by atoms with Crippen molar-refractivity contribution in [3.8, 4) is 0 Å². The van der Waals surface area contributed by atoms with Crippen molar-refractivity contribution >= 4 is 23.2 Å². The van der Waals surface area contributed by atoms with Crippen molar-refractivity contribution in [3.63, 3.8) is 0 Å². The van der Waals surface area contributed by atoms with Crippen molar-refractivity contribution < 1.29 is 14.3 Å². The van der Waals surface area contributed by atoms with Gasteiger partial charge in [0.2, 0.25) is 0 Å². The number of methoxy groups -OCH3 is 1. The zero-order valence-corrected chi connectivity index (χ0v) is 11.6. The first-order valence-electron chi connectivity index (χ1n) is 6.23. The van der Waals surface area contributed by atoms with Crippen molar-refractivity contribution in [2.24, 2.45) is 0 Å². The van der Waals surface area contributed by atoms with E-state index in [1.54, 1.807) is 36.0 Å². The Morgan fingerprint density at radius 3 is 3.15 bits per heavy atom. The Morgan fingerprint density at radius 2 is 2.35 bits per heavy atom. The first-order valence-corrected chi connectivity index (χ1v) is 6.61. The van der Waals surface area contributed by atoms with Gasteiger partial charge in [0.1, 0.15) is 17.4 Å². The number of nitrogens with one attached hydrogen (secondary N) is 1. The molecule has 0 saturated carbocycles. The molecule has 2 atom stereocenters. The van der Waals surface area contributed by atoms with E-state index in [4.69, 9.17) is 21.1 Å². The van der Waals surface area contributed by atoms with E-state index in [0.717, 1.165) is 0 Å². The standard InChI is InChI=1S/C13H14ClN3O3/c1-19-11-7-20-6-10(11)16-13(18)9-5-17-4-8(14)2-3-12(17)15-9/h2-5,10-11H,6-7H2,1H3,(H,16,18)/t10-,11-/m0/s1. The predicted octanol–water partition coefficient (Wildman–Crippen LogP) is 1.13. The number of imidazole rings is 1. The number of hydrogen-bond donors (Lipinski definition) is 1. The van der Waals surface area contributed by atoms with Gasteiger partial charge in [0.15, 0.2) is 0 Å². The number of fused-ring (bicyclic) bond motifs is 1. The number of hydrogen-bond acceptors (Lipinski definition) is 4. The normalized spacial score (nSPS) is 22.3. The second kappa shape index (κ2) is 5.40. The maximum absolute atomic E-state index is 12.2. The molecule has 0 aromatic carbocycles. The molecule has 0 unspecified atom stereocenters. The molecule has 1 aliphatic rings. The molecule has 0 spiro atoms. The second-order valence-corrected chi connectivity index (χ2v) is 5.07. The van der Waals surface area contributed by atoms with Crippen LogP contribution in [0.3, 0.4) is 0 Å². The Morgan fingerprint density at radius 1 is 1.50 bits per heavy atom. The van der Waals surface area contributed by atoms with Gasteiger partial charge < -0.3 is 19.2 Å². The first kappa shape index (κ1) is 13.4. The lowest BCUT2D eigenvalue weighted by Crippen LogP contribution is -2.43. The van der Waals surface area contributed by atoms with Crippen LogP contribution in [0.2, 0.25) is 5.02 Å². The highest BCUT2D eigenvalue weighted by Crippen LogP contribution is 2.13. The van der Waals surface area contributed by atoms with Gasteiger partial charge in [0, 0.05) is 19.5 Å². The van der Waals surface area contributed by atoms with Gasteiger partial charge in [-0.3, -0.25) is 4.79 Å². The monoisotopic (exact) mass is 295 g/mol. The van der Waals surface area contributed by atoms with Gasteiger partial charge in [-0.2, -0.15) is 0 Å². The number of nitrogens with zero attached hydrogens (tertiary/aromatic N) is 2. The molecule has 1 aliphatic heterocycles. The second-order valence-electron chi connectivity index (χ2n) is 4.63. The summed E-state index contributed by atoms with van der Waals surface area (Å²) in [5.74, 6) is -0.248. The third-order valence-electron chi connectivity index (χ3n) is 3.30. The van der Waals surface area contributed by atoms with Crippen LogP contribution in [0.1, 0.15) is 10.5 Å². The third kappa shape index (κ3) is 2.49. The van der Waals surface area contributed by atoms with E-state index >= 15 is 0 Å². The highest BCUT2D eigenvalue weighted by Gasteiger charge is 2.30. The Hall–Kier alpha value is -1.63. The molecule has 3 heterocycles. The van der Waals surface area contributed by atoms with Gasteiger partial charge in [-0.05, 0) is 12.1 Å². The van der Waals surface area contributed by atoms with E-state index in [0.29, 0.717) is 29.6 Å². The maximum Gasteiger partial charge on any atom is 0.271 e. The molecule has 0 aliphatic carbocycles. The van der Waals surface area contributed by atoms with E-state index in [1.165, 1.54) is 0 Å². The van der Waals surface area contributed by atoms with E-state index in [1.807, 2.05) is 0 Å². The molecule has 1 fully saturated rings. The Labute approximate surface area is 120 Å². The summed E-state index contributed by atoms with van der Waals surface area (Å²) < 4.78 is 12.3. The summed E-state index contributed by atoms with van der Waals surface area (Å²) in [5.41, 5.74) is 1.01. The number of pyridine rings is 1. The van der Waals surface area contributed by atoms with Crippen molar-refractivity contribution in [2.45, 2.75) is 12.1 Å². The molecule has 1 N–H and O–H groups in total. The molecular weight excluding hydrogens is 282 g/mol. The molecule has 3 rings (SSSR count). The number of aromatic nitrogens is 2. The van der Waals surface area contributed by atoms with Crippen LogP contribution < -0.4 is 5.32 Å². The molecule has 1 amide bonds. The fraction of sp³-hybridized carbons (Fsp3) is 0.385. The van der Waals surface area contributed by atoms with Gasteiger partial charge in [-0.25, -0.2) is 4.98 Å². The molecule has 106 valence electrons. The smallest absolute Gasteiger partial charge is 0.271 e. The van der Waals surface area contributed by atoms with Crippen LogP contribution in [0, 0.1) is 0 Å². The van der Waals surface area contributed by atoms with Crippen LogP contribution in [0.4, 0.5) is 0 Å². The fourth-order valence-corrected chi connectivity index (χ4v) is 2.39. The van der Waals surface area contributed by atoms with Crippen molar-refractivity contribution in [1.82, 2.24) is 14.7 Å². The Bertz CT molecular complexity index is 643. The largest absolute Gasteiger partial charge is 0.377 e. The van der Waals surface area contributed by atoms with Gasteiger partial charge in [-0.15, -0.1) is 0 Å². The average Bonchev–Trinajstić information content (AvgIpc) is 3.04. The number of rotatable bonds is 3. The summed E-state index contributed by atoms with van der Waals surface area (Å²) in [7, 11) is 1.60. The number of ether oxygens (including phenoxy) is 2. The summed E-state index contributed by atoms with van der Waals surface area (Å²) in [4.78, 5) is 16.4. The third-order valence-corrected chi connectivity index (χ3v) is 3.52. The van der Waals surface area contributed by atoms with Crippen molar-refractivity contribution in [3.05, 3.63) is 35.2 Å². The van der Waals surface area contributed by atoms with Crippen LogP contribution in [-0.2, 0) is 9.47 Å². The molecule has 1 saturated heterocycles. The van der Waals surface area contributed by atoms with Gasteiger partial charge in [0.25, 0.3) is 5.91 Å². The molecule has 6 nitrogen and oxygen atoms in total. The summed E-state index contributed by atoms with van der Waals surface area (Å²) >= 11 is 5.90. The van der Waals surface area contributed by atoms with E-state index in [9.17, 15) is 4.79 Å². The SMILES string of the molecule is CO[C@H]1COC[C@@H]1NC(=O)c1cn2cc(Cl)ccc2n1. The van der Waals surface area contributed by atoms with E-state index in [-0.39, 0.29) is 18.1 Å². The highest BCUT2D eigenvalue weighted by molar-refractivity contribution is 6.30. The van der Waals surface area contributed by atoms with Gasteiger partial charge >= 0.3 is 0 Å². The Kier molecular flexibility index (Phi) is 3.60. The predicted molar refractivity (Wildman–Crippen MR) is 73.1 cm³/mol. The number of halogens is 1. The van der Waals surface area contributed by atoms with Gasteiger partial charge in [0.05, 0.1) is 24.3 Å².